The van der Waals surface area contributed by atoms with Crippen LogP contribution < -0.4 is 15.4 Å². The highest BCUT2D eigenvalue weighted by Gasteiger charge is 2.28. The fourth-order valence-corrected chi connectivity index (χ4v) is 3.77. The first kappa shape index (κ1) is 16.3. The van der Waals surface area contributed by atoms with Gasteiger partial charge in [-0.05, 0) is 63.4 Å². The van der Waals surface area contributed by atoms with Crippen molar-refractivity contribution in [2.45, 2.75) is 31.7 Å². The molecule has 0 saturated carbocycles. The van der Waals surface area contributed by atoms with E-state index in [1.807, 2.05) is 24.3 Å². The minimum atomic E-state index is 0.0342. The minimum Gasteiger partial charge on any atom is -0.495 e. The fraction of sp³-hybridized carbons (Fsp3) is 0.611. The average molecular weight is 317 g/mol. The predicted octanol–water partition coefficient (Wildman–Crippen LogP) is 2.10. The van der Waals surface area contributed by atoms with Gasteiger partial charge in [0, 0.05) is 6.04 Å². The third-order valence-corrected chi connectivity index (χ3v) is 5.05. The maximum absolute atomic E-state index is 12.3. The molecule has 0 radical (unpaired) electrons. The van der Waals surface area contributed by atoms with Crippen LogP contribution in [-0.2, 0) is 4.79 Å². The van der Waals surface area contributed by atoms with Crippen LogP contribution in [0, 0.1) is 5.92 Å². The second-order valence-electron chi connectivity index (χ2n) is 6.56. The Morgan fingerprint density at radius 2 is 2.09 bits per heavy atom. The monoisotopic (exact) mass is 317 g/mol. The zero-order chi connectivity index (χ0) is 16.1. The van der Waals surface area contributed by atoms with Crippen molar-refractivity contribution in [1.29, 1.82) is 0 Å². The summed E-state index contributed by atoms with van der Waals surface area (Å²) in [6, 6.07) is 8.23. The molecule has 2 aliphatic rings. The number of hydrogen-bond acceptors (Lipinski definition) is 4. The van der Waals surface area contributed by atoms with Crippen molar-refractivity contribution in [3.63, 3.8) is 0 Å². The van der Waals surface area contributed by atoms with Crippen LogP contribution in [0.3, 0.4) is 0 Å². The number of nitrogens with one attached hydrogen (secondary N) is 2. The van der Waals surface area contributed by atoms with E-state index in [0.29, 0.717) is 18.3 Å². The van der Waals surface area contributed by atoms with Crippen LogP contribution in [-0.4, -0.2) is 50.1 Å². The van der Waals surface area contributed by atoms with Crippen LogP contribution in [0.25, 0.3) is 0 Å². The molecule has 0 bridgehead atoms. The van der Waals surface area contributed by atoms with Gasteiger partial charge in [0.25, 0.3) is 0 Å². The highest BCUT2D eigenvalue weighted by molar-refractivity contribution is 5.93. The van der Waals surface area contributed by atoms with E-state index in [1.165, 1.54) is 32.2 Å². The van der Waals surface area contributed by atoms with Crippen molar-refractivity contribution in [1.82, 2.24) is 10.2 Å². The van der Waals surface area contributed by atoms with Gasteiger partial charge in [0.2, 0.25) is 5.91 Å². The zero-order valence-electron chi connectivity index (χ0n) is 13.9. The number of nitrogens with zero attached hydrogens (tertiary/aromatic N) is 1. The number of ether oxygens (including phenoxy) is 1. The first-order valence-corrected chi connectivity index (χ1v) is 8.65. The van der Waals surface area contributed by atoms with E-state index in [-0.39, 0.29) is 5.91 Å². The number of carbonyl (C=O) groups excluding carboxylic acids is 1. The summed E-state index contributed by atoms with van der Waals surface area (Å²) in [6.07, 6.45) is 5.02. The lowest BCUT2D eigenvalue weighted by atomic mass is 9.88. The van der Waals surface area contributed by atoms with E-state index < -0.39 is 0 Å². The van der Waals surface area contributed by atoms with E-state index >= 15 is 0 Å². The second kappa shape index (κ2) is 7.79. The molecule has 0 aliphatic carbocycles. The molecule has 0 aromatic heterocycles. The highest BCUT2D eigenvalue weighted by atomic mass is 16.5. The first-order valence-electron chi connectivity index (χ1n) is 8.65. The molecule has 2 saturated heterocycles. The number of anilines is 1. The molecule has 23 heavy (non-hydrogen) atoms. The Balaban J connectivity index is 1.45. The molecule has 2 heterocycles. The average Bonchev–Trinajstić information content (AvgIpc) is 3.10. The molecule has 2 N–H and O–H groups in total. The molecule has 5 heteroatoms. The lowest BCUT2D eigenvalue weighted by molar-refractivity contribution is -0.117. The van der Waals surface area contributed by atoms with E-state index in [4.69, 9.17) is 4.74 Å². The number of likely N-dealkylation sites (tertiary alicyclic amines) is 1. The summed E-state index contributed by atoms with van der Waals surface area (Å²) in [5, 5.41) is 6.57. The van der Waals surface area contributed by atoms with Gasteiger partial charge in [0.05, 0.1) is 19.3 Å². The molecular weight excluding hydrogens is 290 g/mol. The quantitative estimate of drug-likeness (QED) is 0.873. The van der Waals surface area contributed by atoms with Gasteiger partial charge in [-0.15, -0.1) is 0 Å². The van der Waals surface area contributed by atoms with Gasteiger partial charge >= 0.3 is 0 Å². The van der Waals surface area contributed by atoms with Gasteiger partial charge in [-0.25, -0.2) is 0 Å². The van der Waals surface area contributed by atoms with Gasteiger partial charge in [0.15, 0.2) is 0 Å². The number of para-hydroxylation sites is 2. The van der Waals surface area contributed by atoms with Crippen LogP contribution in [0.15, 0.2) is 24.3 Å². The molecule has 1 aromatic rings. The van der Waals surface area contributed by atoms with Crippen LogP contribution >= 0.6 is 0 Å². The van der Waals surface area contributed by atoms with Gasteiger partial charge in [-0.2, -0.15) is 0 Å². The van der Waals surface area contributed by atoms with E-state index in [9.17, 15) is 4.79 Å². The van der Waals surface area contributed by atoms with Crippen LogP contribution in [0.2, 0.25) is 0 Å². The normalized spacial score (nSPS) is 22.9. The summed E-state index contributed by atoms with van der Waals surface area (Å²) < 4.78 is 5.27. The Morgan fingerprint density at radius 3 is 2.78 bits per heavy atom. The highest BCUT2D eigenvalue weighted by Crippen LogP contribution is 2.26. The van der Waals surface area contributed by atoms with Crippen molar-refractivity contribution in [3.05, 3.63) is 24.3 Å². The summed E-state index contributed by atoms with van der Waals surface area (Å²) in [5.74, 6) is 1.52. The Kier molecular flexibility index (Phi) is 5.51. The van der Waals surface area contributed by atoms with E-state index in [2.05, 4.69) is 15.5 Å². The number of benzene rings is 1. The number of amides is 1. The number of methoxy groups -OCH3 is 1. The predicted molar refractivity (Wildman–Crippen MR) is 91.8 cm³/mol. The van der Waals surface area contributed by atoms with Crippen molar-refractivity contribution in [3.8, 4) is 5.75 Å². The molecule has 0 spiro atoms. The summed E-state index contributed by atoms with van der Waals surface area (Å²) >= 11 is 0. The lowest BCUT2D eigenvalue weighted by Gasteiger charge is -2.34. The molecule has 1 amide bonds. The number of hydrogen-bond donors (Lipinski definition) is 2. The van der Waals surface area contributed by atoms with Crippen molar-refractivity contribution in [2.24, 2.45) is 5.92 Å². The van der Waals surface area contributed by atoms with Gasteiger partial charge in [-0.1, -0.05) is 12.1 Å². The molecule has 1 unspecified atom stereocenters. The smallest absolute Gasteiger partial charge is 0.238 e. The maximum atomic E-state index is 12.3. The Labute approximate surface area is 138 Å². The van der Waals surface area contributed by atoms with E-state index in [1.54, 1.807) is 7.11 Å². The van der Waals surface area contributed by atoms with Crippen molar-refractivity contribution < 1.29 is 9.53 Å². The third kappa shape index (κ3) is 4.24. The molecule has 5 nitrogen and oxygen atoms in total. The number of rotatable bonds is 5. The first-order chi connectivity index (χ1) is 11.3. The summed E-state index contributed by atoms with van der Waals surface area (Å²) in [7, 11) is 1.62. The number of carbonyl (C=O) groups is 1. The Hall–Kier alpha value is -1.59. The summed E-state index contributed by atoms with van der Waals surface area (Å²) in [4.78, 5) is 14.5. The van der Waals surface area contributed by atoms with Crippen molar-refractivity contribution >= 4 is 11.6 Å². The standard InChI is InChI=1S/C18H27N3O2/c1-23-17-7-3-2-5-16(17)20-18(22)13-21-11-8-14(9-12-21)15-6-4-10-19-15/h2-3,5,7,14-15,19H,4,6,8-13H2,1H3,(H,20,22). The molecule has 1 atom stereocenters. The maximum Gasteiger partial charge on any atom is 0.238 e. The second-order valence-corrected chi connectivity index (χ2v) is 6.56. The topological polar surface area (TPSA) is 53.6 Å². The molecule has 2 fully saturated rings. The van der Waals surface area contributed by atoms with Gasteiger partial charge < -0.3 is 15.4 Å². The zero-order valence-corrected chi connectivity index (χ0v) is 13.9. The number of piperidine rings is 1. The van der Waals surface area contributed by atoms with E-state index in [0.717, 1.165) is 24.7 Å². The minimum absolute atomic E-state index is 0.0342. The molecule has 1 aromatic carbocycles. The SMILES string of the molecule is COc1ccccc1NC(=O)CN1CCC(C2CCCN2)CC1. The fourth-order valence-electron chi connectivity index (χ4n) is 3.77. The largest absolute Gasteiger partial charge is 0.495 e. The van der Waals surface area contributed by atoms with Crippen molar-refractivity contribution in [2.75, 3.05) is 38.6 Å². The summed E-state index contributed by atoms with van der Waals surface area (Å²) in [6.45, 7) is 3.67. The third-order valence-electron chi connectivity index (χ3n) is 5.05. The van der Waals surface area contributed by atoms with Crippen LogP contribution in [0.5, 0.6) is 5.75 Å². The molecule has 3 rings (SSSR count). The summed E-state index contributed by atoms with van der Waals surface area (Å²) in [5.41, 5.74) is 0.741. The van der Waals surface area contributed by atoms with Gasteiger partial charge in [0.1, 0.15) is 5.75 Å². The lowest BCUT2D eigenvalue weighted by Crippen LogP contribution is -2.43. The Morgan fingerprint density at radius 1 is 1.30 bits per heavy atom. The molecule has 126 valence electrons. The molecular formula is C18H27N3O2. The van der Waals surface area contributed by atoms with Crippen LogP contribution in [0.1, 0.15) is 25.7 Å². The van der Waals surface area contributed by atoms with Gasteiger partial charge in [-0.3, -0.25) is 9.69 Å². The molecule has 2 aliphatic heterocycles. The Bertz CT molecular complexity index is 521. The van der Waals surface area contributed by atoms with Crippen LogP contribution in [0.4, 0.5) is 5.69 Å².